The van der Waals surface area contributed by atoms with Crippen molar-refractivity contribution in [2.45, 2.75) is 6.54 Å². The molecule has 1 aromatic heterocycles. The standard InChI is InChI=1S/C12H11N3O2S/c16-11-7-17-10-2-1-8(5-9(10)15-11)6-14-12-13-3-4-18-12/h1-5H,6-7H2,(H,13,14)(H,15,16). The van der Waals surface area contributed by atoms with E-state index in [1.165, 1.54) is 0 Å². The van der Waals surface area contributed by atoms with Crippen molar-refractivity contribution in [1.82, 2.24) is 4.98 Å². The monoisotopic (exact) mass is 261 g/mol. The Morgan fingerprint density at radius 2 is 2.44 bits per heavy atom. The fourth-order valence-electron chi connectivity index (χ4n) is 1.73. The van der Waals surface area contributed by atoms with Crippen molar-refractivity contribution < 1.29 is 9.53 Å². The fourth-order valence-corrected chi connectivity index (χ4v) is 2.26. The van der Waals surface area contributed by atoms with Crippen LogP contribution in [0.3, 0.4) is 0 Å². The molecule has 0 aliphatic carbocycles. The van der Waals surface area contributed by atoms with E-state index in [-0.39, 0.29) is 12.5 Å². The maximum Gasteiger partial charge on any atom is 0.262 e. The van der Waals surface area contributed by atoms with Gasteiger partial charge in [-0.25, -0.2) is 4.98 Å². The van der Waals surface area contributed by atoms with Gasteiger partial charge in [-0.15, -0.1) is 11.3 Å². The van der Waals surface area contributed by atoms with Gasteiger partial charge in [-0.3, -0.25) is 4.79 Å². The quantitative estimate of drug-likeness (QED) is 0.888. The molecule has 2 N–H and O–H groups in total. The van der Waals surface area contributed by atoms with Crippen LogP contribution in [0.1, 0.15) is 5.56 Å². The second-order valence-corrected chi connectivity index (χ2v) is 4.75. The minimum Gasteiger partial charge on any atom is -0.482 e. The van der Waals surface area contributed by atoms with Gasteiger partial charge in [-0.05, 0) is 17.7 Å². The van der Waals surface area contributed by atoms with Gasteiger partial charge in [0.15, 0.2) is 11.7 Å². The molecule has 0 spiro atoms. The van der Waals surface area contributed by atoms with Gasteiger partial charge >= 0.3 is 0 Å². The van der Waals surface area contributed by atoms with Crippen LogP contribution in [0.15, 0.2) is 29.8 Å². The van der Waals surface area contributed by atoms with Crippen molar-refractivity contribution >= 4 is 28.1 Å². The van der Waals surface area contributed by atoms with Crippen molar-refractivity contribution in [3.63, 3.8) is 0 Å². The average molecular weight is 261 g/mol. The van der Waals surface area contributed by atoms with E-state index in [4.69, 9.17) is 4.74 Å². The largest absolute Gasteiger partial charge is 0.482 e. The molecule has 1 amide bonds. The molecule has 0 unspecified atom stereocenters. The summed E-state index contributed by atoms with van der Waals surface area (Å²) in [5.41, 5.74) is 1.79. The summed E-state index contributed by atoms with van der Waals surface area (Å²) in [6.07, 6.45) is 1.76. The summed E-state index contributed by atoms with van der Waals surface area (Å²) >= 11 is 1.55. The zero-order valence-electron chi connectivity index (χ0n) is 9.47. The number of nitrogens with zero attached hydrogens (tertiary/aromatic N) is 1. The van der Waals surface area contributed by atoms with Crippen LogP contribution in [0.5, 0.6) is 5.75 Å². The van der Waals surface area contributed by atoms with Gasteiger partial charge in [0.1, 0.15) is 5.75 Å². The third kappa shape index (κ3) is 2.28. The molecule has 3 rings (SSSR count). The van der Waals surface area contributed by atoms with Crippen LogP contribution >= 0.6 is 11.3 Å². The summed E-state index contributed by atoms with van der Waals surface area (Å²) in [6, 6.07) is 5.75. The molecule has 18 heavy (non-hydrogen) atoms. The molecule has 2 heterocycles. The number of nitrogens with one attached hydrogen (secondary N) is 2. The first-order valence-corrected chi connectivity index (χ1v) is 6.38. The van der Waals surface area contributed by atoms with Crippen LogP contribution in [0.2, 0.25) is 0 Å². The number of ether oxygens (including phenoxy) is 1. The summed E-state index contributed by atoms with van der Waals surface area (Å²) in [5, 5.41) is 8.80. The number of fused-ring (bicyclic) bond motifs is 1. The van der Waals surface area contributed by atoms with E-state index in [2.05, 4.69) is 15.6 Å². The molecule has 1 aliphatic heterocycles. The molecule has 1 aromatic carbocycles. The molecule has 6 heteroatoms. The number of thiazole rings is 1. The molecule has 2 aromatic rings. The lowest BCUT2D eigenvalue weighted by molar-refractivity contribution is -0.118. The van der Waals surface area contributed by atoms with Gasteiger partial charge in [-0.2, -0.15) is 0 Å². The predicted molar refractivity (Wildman–Crippen MR) is 70.0 cm³/mol. The zero-order chi connectivity index (χ0) is 12.4. The number of aromatic nitrogens is 1. The van der Waals surface area contributed by atoms with E-state index in [1.54, 1.807) is 17.5 Å². The summed E-state index contributed by atoms with van der Waals surface area (Å²) in [6.45, 7) is 0.750. The number of rotatable bonds is 3. The van der Waals surface area contributed by atoms with Crippen LogP contribution in [-0.4, -0.2) is 17.5 Å². The van der Waals surface area contributed by atoms with E-state index in [9.17, 15) is 4.79 Å². The highest BCUT2D eigenvalue weighted by atomic mass is 32.1. The maximum absolute atomic E-state index is 11.2. The van der Waals surface area contributed by atoms with E-state index in [0.29, 0.717) is 12.3 Å². The Balaban J connectivity index is 1.73. The minimum absolute atomic E-state index is 0.0870. The van der Waals surface area contributed by atoms with E-state index in [0.717, 1.165) is 16.4 Å². The van der Waals surface area contributed by atoms with Gasteiger partial charge < -0.3 is 15.4 Å². The third-order valence-electron chi connectivity index (χ3n) is 2.55. The Kier molecular flexibility index (Phi) is 2.85. The van der Waals surface area contributed by atoms with Gasteiger partial charge in [0, 0.05) is 18.1 Å². The second-order valence-electron chi connectivity index (χ2n) is 3.86. The van der Waals surface area contributed by atoms with Crippen molar-refractivity contribution in [3.05, 3.63) is 35.3 Å². The molecule has 5 nitrogen and oxygen atoms in total. The number of benzene rings is 1. The maximum atomic E-state index is 11.2. The Labute approximate surface area is 108 Å². The van der Waals surface area contributed by atoms with Crippen LogP contribution in [-0.2, 0) is 11.3 Å². The average Bonchev–Trinajstić information content (AvgIpc) is 2.89. The van der Waals surface area contributed by atoms with Crippen LogP contribution in [0.4, 0.5) is 10.8 Å². The second kappa shape index (κ2) is 4.66. The Morgan fingerprint density at radius 3 is 3.28 bits per heavy atom. The van der Waals surface area contributed by atoms with E-state index >= 15 is 0 Å². The number of carbonyl (C=O) groups is 1. The lowest BCUT2D eigenvalue weighted by Gasteiger charge is -2.18. The molecule has 0 atom stereocenters. The highest BCUT2D eigenvalue weighted by Crippen LogP contribution is 2.28. The van der Waals surface area contributed by atoms with Gasteiger partial charge in [0.25, 0.3) is 5.91 Å². The Morgan fingerprint density at radius 1 is 1.50 bits per heavy atom. The molecular weight excluding hydrogens is 250 g/mol. The number of anilines is 2. The van der Waals surface area contributed by atoms with Crippen LogP contribution in [0.25, 0.3) is 0 Å². The van der Waals surface area contributed by atoms with Crippen molar-refractivity contribution in [2.24, 2.45) is 0 Å². The molecule has 0 saturated carbocycles. The van der Waals surface area contributed by atoms with Crippen LogP contribution < -0.4 is 15.4 Å². The lowest BCUT2D eigenvalue weighted by Crippen LogP contribution is -2.25. The van der Waals surface area contributed by atoms with Crippen LogP contribution in [0, 0.1) is 0 Å². The zero-order valence-corrected chi connectivity index (χ0v) is 10.3. The smallest absolute Gasteiger partial charge is 0.262 e. The summed E-state index contributed by atoms with van der Waals surface area (Å²) in [5.74, 6) is 0.597. The Bertz CT molecular complexity index is 569. The number of amides is 1. The molecule has 0 radical (unpaired) electrons. The van der Waals surface area contributed by atoms with Gasteiger partial charge in [0.05, 0.1) is 5.69 Å². The van der Waals surface area contributed by atoms with Crippen molar-refractivity contribution in [1.29, 1.82) is 0 Å². The topological polar surface area (TPSA) is 63.2 Å². The molecular formula is C12H11N3O2S. The molecule has 0 fully saturated rings. The normalized spacial score (nSPS) is 13.4. The summed E-state index contributed by atoms with van der Waals surface area (Å²) in [4.78, 5) is 15.4. The highest BCUT2D eigenvalue weighted by Gasteiger charge is 2.15. The van der Waals surface area contributed by atoms with E-state index in [1.807, 2.05) is 23.6 Å². The first kappa shape index (κ1) is 11.0. The first-order chi connectivity index (χ1) is 8.81. The highest BCUT2D eigenvalue weighted by molar-refractivity contribution is 7.13. The SMILES string of the molecule is O=C1COc2ccc(CNc3nccs3)cc2N1. The summed E-state index contributed by atoms with van der Waals surface area (Å²) in [7, 11) is 0. The molecule has 1 aliphatic rings. The fraction of sp³-hybridized carbons (Fsp3) is 0.167. The predicted octanol–water partition coefficient (Wildman–Crippen LogP) is 2.09. The van der Waals surface area contributed by atoms with Crippen molar-refractivity contribution in [3.8, 4) is 5.75 Å². The number of hydrogen-bond donors (Lipinski definition) is 2. The Hall–Kier alpha value is -2.08. The molecule has 0 bridgehead atoms. The minimum atomic E-state index is -0.118. The molecule has 0 saturated heterocycles. The summed E-state index contributed by atoms with van der Waals surface area (Å²) < 4.78 is 5.30. The lowest BCUT2D eigenvalue weighted by atomic mass is 10.1. The number of hydrogen-bond acceptors (Lipinski definition) is 5. The first-order valence-electron chi connectivity index (χ1n) is 5.50. The third-order valence-corrected chi connectivity index (χ3v) is 3.28. The van der Waals surface area contributed by atoms with Gasteiger partial charge in [0.2, 0.25) is 0 Å². The number of carbonyl (C=O) groups excluding carboxylic acids is 1. The van der Waals surface area contributed by atoms with Crippen molar-refractivity contribution in [2.75, 3.05) is 17.2 Å². The van der Waals surface area contributed by atoms with E-state index < -0.39 is 0 Å². The van der Waals surface area contributed by atoms with Gasteiger partial charge in [-0.1, -0.05) is 6.07 Å². The molecule has 92 valence electrons.